The minimum Gasteiger partial charge on any atom is -0.321 e. The number of hydrogen-bond donors (Lipinski definition) is 2. The Morgan fingerprint density at radius 2 is 1.45 bits per heavy atom. The van der Waals surface area contributed by atoms with Crippen molar-refractivity contribution >= 4 is 29.1 Å². The fourth-order valence-electron chi connectivity index (χ4n) is 2.37. The molecule has 0 heterocycles. The summed E-state index contributed by atoms with van der Waals surface area (Å²) >= 11 is 5.76. The minimum atomic E-state index is -2.07. The van der Waals surface area contributed by atoms with E-state index in [1.165, 1.54) is 36.4 Å². The Kier molecular flexibility index (Phi) is 3.31. The number of nitrogens with two attached hydrogens (primary N) is 1. The van der Waals surface area contributed by atoms with Crippen molar-refractivity contribution in [1.29, 1.82) is 0 Å². The zero-order valence-electron chi connectivity index (χ0n) is 11.3. The van der Waals surface area contributed by atoms with Gasteiger partial charge in [-0.25, -0.2) is 0 Å². The molecule has 3 N–H and O–H groups in total. The van der Waals surface area contributed by atoms with E-state index >= 15 is 0 Å². The molecule has 22 heavy (non-hydrogen) atoms. The van der Waals surface area contributed by atoms with Gasteiger partial charge in [0.15, 0.2) is 0 Å². The van der Waals surface area contributed by atoms with Crippen LogP contribution in [0.5, 0.6) is 0 Å². The molecule has 3 rings (SSSR count). The first-order valence-corrected chi connectivity index (χ1v) is 6.87. The van der Waals surface area contributed by atoms with E-state index in [1.54, 1.807) is 12.1 Å². The first-order valence-electron chi connectivity index (χ1n) is 6.49. The molecule has 5 nitrogen and oxygen atoms in total. The predicted octanol–water partition coefficient (Wildman–Crippen LogP) is 1.80. The molecular formula is C16H11ClN2O3. The molecule has 110 valence electrons. The van der Waals surface area contributed by atoms with E-state index in [1.807, 2.05) is 0 Å². The standard InChI is InChI=1S/C16H11ClN2O3/c17-10-7-5-9(6-8-10)15(22)19-16(18)13(20)11-3-1-2-4-12(11)14(16)21/h1-8H,18H2,(H,19,22). The fraction of sp³-hybridized carbons (Fsp3) is 0.0625. The summed E-state index contributed by atoms with van der Waals surface area (Å²) in [7, 11) is 0. The van der Waals surface area contributed by atoms with Crippen LogP contribution in [0.15, 0.2) is 48.5 Å². The average molecular weight is 315 g/mol. The molecule has 1 aliphatic carbocycles. The summed E-state index contributed by atoms with van der Waals surface area (Å²) in [5.41, 5.74) is 4.52. The molecule has 0 aromatic heterocycles. The number of benzene rings is 2. The Balaban J connectivity index is 1.92. The number of carbonyl (C=O) groups is 3. The topological polar surface area (TPSA) is 89.3 Å². The van der Waals surface area contributed by atoms with Crippen LogP contribution in [0.3, 0.4) is 0 Å². The summed E-state index contributed by atoms with van der Waals surface area (Å²) in [5, 5.41) is 2.81. The summed E-state index contributed by atoms with van der Waals surface area (Å²) in [4.78, 5) is 37.0. The SMILES string of the molecule is NC1(NC(=O)c2ccc(Cl)cc2)C(=O)c2ccccc2C1=O. The van der Waals surface area contributed by atoms with E-state index in [4.69, 9.17) is 17.3 Å². The number of hydrogen-bond acceptors (Lipinski definition) is 4. The second-order valence-electron chi connectivity index (χ2n) is 4.97. The van der Waals surface area contributed by atoms with Crippen LogP contribution >= 0.6 is 11.6 Å². The highest BCUT2D eigenvalue weighted by Crippen LogP contribution is 2.27. The number of carbonyl (C=O) groups excluding carboxylic acids is 3. The smallest absolute Gasteiger partial charge is 0.253 e. The lowest BCUT2D eigenvalue weighted by Gasteiger charge is -2.22. The summed E-state index contributed by atoms with van der Waals surface area (Å²) in [6, 6.07) is 12.3. The van der Waals surface area contributed by atoms with Crippen LogP contribution in [0, 0.1) is 0 Å². The lowest BCUT2D eigenvalue weighted by atomic mass is 10.0. The quantitative estimate of drug-likeness (QED) is 0.653. The average Bonchev–Trinajstić information content (AvgIpc) is 2.70. The van der Waals surface area contributed by atoms with Crippen LogP contribution in [-0.2, 0) is 0 Å². The summed E-state index contributed by atoms with van der Waals surface area (Å²) in [6.45, 7) is 0. The van der Waals surface area contributed by atoms with Gasteiger partial charge in [0.2, 0.25) is 17.2 Å². The number of fused-ring (bicyclic) bond motifs is 1. The Bertz CT molecular complexity index is 764. The summed E-state index contributed by atoms with van der Waals surface area (Å²) in [6.07, 6.45) is 0. The first-order chi connectivity index (χ1) is 10.4. The third kappa shape index (κ3) is 2.11. The fourth-order valence-corrected chi connectivity index (χ4v) is 2.50. The van der Waals surface area contributed by atoms with Crippen LogP contribution < -0.4 is 11.1 Å². The number of Topliss-reactive ketones (excluding diaryl/α,β-unsaturated/α-hetero) is 2. The number of rotatable bonds is 2. The number of nitrogens with one attached hydrogen (secondary N) is 1. The molecule has 0 bridgehead atoms. The Morgan fingerprint density at radius 1 is 0.955 bits per heavy atom. The molecule has 1 aliphatic rings. The predicted molar refractivity (Wildman–Crippen MR) is 80.9 cm³/mol. The molecule has 0 saturated carbocycles. The molecule has 0 radical (unpaired) electrons. The third-order valence-electron chi connectivity index (χ3n) is 3.55. The van der Waals surface area contributed by atoms with Gasteiger partial charge in [0, 0.05) is 21.7 Å². The van der Waals surface area contributed by atoms with Gasteiger partial charge in [-0.2, -0.15) is 0 Å². The maximum absolute atomic E-state index is 12.4. The largest absolute Gasteiger partial charge is 0.321 e. The first kappa shape index (κ1) is 14.4. The van der Waals surface area contributed by atoms with Crippen molar-refractivity contribution in [2.45, 2.75) is 5.66 Å². The normalized spacial score (nSPS) is 15.5. The van der Waals surface area contributed by atoms with E-state index in [-0.39, 0.29) is 16.7 Å². The molecule has 0 aliphatic heterocycles. The second kappa shape index (κ2) is 5.05. The third-order valence-corrected chi connectivity index (χ3v) is 3.80. The monoisotopic (exact) mass is 314 g/mol. The highest BCUT2D eigenvalue weighted by Gasteiger charge is 2.51. The lowest BCUT2D eigenvalue weighted by Crippen LogP contribution is -2.63. The molecule has 1 amide bonds. The molecule has 0 unspecified atom stereocenters. The van der Waals surface area contributed by atoms with E-state index in [0.717, 1.165) is 0 Å². The van der Waals surface area contributed by atoms with E-state index < -0.39 is 23.1 Å². The number of halogens is 1. The Morgan fingerprint density at radius 3 is 1.95 bits per heavy atom. The van der Waals surface area contributed by atoms with Gasteiger partial charge < -0.3 is 5.32 Å². The highest BCUT2D eigenvalue weighted by atomic mass is 35.5. The molecule has 2 aromatic rings. The van der Waals surface area contributed by atoms with Crippen molar-refractivity contribution in [3.8, 4) is 0 Å². The van der Waals surface area contributed by atoms with Gasteiger partial charge >= 0.3 is 0 Å². The highest BCUT2D eigenvalue weighted by molar-refractivity contribution is 6.33. The van der Waals surface area contributed by atoms with Crippen molar-refractivity contribution in [2.75, 3.05) is 0 Å². The van der Waals surface area contributed by atoms with Crippen molar-refractivity contribution < 1.29 is 14.4 Å². The maximum atomic E-state index is 12.4. The van der Waals surface area contributed by atoms with E-state index in [0.29, 0.717) is 5.02 Å². The van der Waals surface area contributed by atoms with Gasteiger partial charge in [-0.3, -0.25) is 20.1 Å². The molecule has 0 saturated heterocycles. The summed E-state index contributed by atoms with van der Waals surface area (Å²) < 4.78 is 0. The number of ketones is 2. The van der Waals surface area contributed by atoms with Gasteiger partial charge in [-0.1, -0.05) is 35.9 Å². The van der Waals surface area contributed by atoms with Crippen molar-refractivity contribution in [1.82, 2.24) is 5.32 Å². The molecule has 0 fully saturated rings. The van der Waals surface area contributed by atoms with E-state index in [2.05, 4.69) is 5.32 Å². The summed E-state index contributed by atoms with van der Waals surface area (Å²) in [5.74, 6) is -1.85. The minimum absolute atomic E-state index is 0.214. The van der Waals surface area contributed by atoms with Gasteiger partial charge in [-0.05, 0) is 24.3 Å². The van der Waals surface area contributed by atoms with Gasteiger partial charge in [0.1, 0.15) is 0 Å². The van der Waals surface area contributed by atoms with Gasteiger partial charge in [0.05, 0.1) is 0 Å². The molecule has 2 aromatic carbocycles. The second-order valence-corrected chi connectivity index (χ2v) is 5.41. The Labute approximate surface area is 131 Å². The number of amides is 1. The van der Waals surface area contributed by atoms with Crippen LogP contribution in [0.25, 0.3) is 0 Å². The van der Waals surface area contributed by atoms with Crippen LogP contribution in [-0.4, -0.2) is 23.1 Å². The lowest BCUT2D eigenvalue weighted by molar-refractivity contribution is 0.0704. The molecule has 6 heteroatoms. The van der Waals surface area contributed by atoms with E-state index in [9.17, 15) is 14.4 Å². The zero-order chi connectivity index (χ0) is 15.9. The van der Waals surface area contributed by atoms with Gasteiger partial charge in [0.25, 0.3) is 5.91 Å². The Hall–Kier alpha value is -2.50. The zero-order valence-corrected chi connectivity index (χ0v) is 12.1. The maximum Gasteiger partial charge on any atom is 0.253 e. The van der Waals surface area contributed by atoms with Crippen molar-refractivity contribution in [2.24, 2.45) is 5.73 Å². The molecule has 0 spiro atoms. The molecular weight excluding hydrogens is 304 g/mol. The van der Waals surface area contributed by atoms with Crippen molar-refractivity contribution in [3.63, 3.8) is 0 Å². The molecule has 0 atom stereocenters. The van der Waals surface area contributed by atoms with Crippen LogP contribution in [0.4, 0.5) is 0 Å². The van der Waals surface area contributed by atoms with Gasteiger partial charge in [-0.15, -0.1) is 0 Å². The van der Waals surface area contributed by atoms with Crippen LogP contribution in [0.2, 0.25) is 5.02 Å². The van der Waals surface area contributed by atoms with Crippen molar-refractivity contribution in [3.05, 3.63) is 70.2 Å². The van der Waals surface area contributed by atoms with Crippen LogP contribution in [0.1, 0.15) is 31.1 Å².